The highest BCUT2D eigenvalue weighted by Gasteiger charge is 2.77. The van der Waals surface area contributed by atoms with Gasteiger partial charge < -0.3 is 20.4 Å². The maximum absolute atomic E-state index is 4.68. The van der Waals surface area contributed by atoms with E-state index in [2.05, 4.69) is 86.6 Å². The van der Waals surface area contributed by atoms with Gasteiger partial charge in [0.2, 0.25) is 0 Å². The van der Waals surface area contributed by atoms with Crippen molar-refractivity contribution in [3.63, 3.8) is 0 Å². The van der Waals surface area contributed by atoms with E-state index in [-0.39, 0.29) is 18.5 Å². The summed E-state index contributed by atoms with van der Waals surface area (Å²) >= 11 is 0. The Morgan fingerprint density at radius 1 is 0.907 bits per heavy atom. The largest absolute Gasteiger partial charge is 0.310 e. The van der Waals surface area contributed by atoms with E-state index in [9.17, 15) is 0 Å². The van der Waals surface area contributed by atoms with Crippen LogP contribution in [0, 0.1) is 39.9 Å². The van der Waals surface area contributed by atoms with Gasteiger partial charge in [0.25, 0.3) is 0 Å². The summed E-state index contributed by atoms with van der Waals surface area (Å²) < 4.78 is 0. The van der Waals surface area contributed by atoms with Gasteiger partial charge in [0.05, 0.1) is 0 Å². The average molecular weight is 743 g/mol. The predicted octanol–water partition coefficient (Wildman–Crippen LogP) is 11.5. The third-order valence-corrected chi connectivity index (χ3v) is 17.3. The fourth-order valence-electron chi connectivity index (χ4n) is 15.4. The number of allylic oxidation sites excluding steroid dienone is 6. The maximum atomic E-state index is 4.68. The molecular formula is C50H86N4. The molecule has 306 valence electrons. The van der Waals surface area contributed by atoms with Gasteiger partial charge in [0.15, 0.2) is 0 Å². The molecule has 0 amide bonds. The maximum Gasteiger partial charge on any atom is 0.0444 e. The molecule has 2 spiro atoms. The van der Waals surface area contributed by atoms with Gasteiger partial charge >= 0.3 is 0 Å². The average Bonchev–Trinajstić information content (AvgIpc) is 3.76. The SMILES string of the molecule is C.C=C(C)C1=CC=C(C2=CCC3(C)C4CCC5(C)C6CCC7(NCCN8CCC9(CN(C)C9)C8)CCCC7C6CCC53NC24C)CC1.C=CC.CC.CC. The second-order valence-corrected chi connectivity index (χ2v) is 19.7. The van der Waals surface area contributed by atoms with E-state index >= 15 is 0 Å². The monoisotopic (exact) mass is 743 g/mol. The smallest absolute Gasteiger partial charge is 0.0444 e. The van der Waals surface area contributed by atoms with Crippen LogP contribution >= 0.6 is 0 Å². The zero-order chi connectivity index (χ0) is 38.5. The van der Waals surface area contributed by atoms with Crippen molar-refractivity contribution in [1.82, 2.24) is 20.4 Å². The summed E-state index contributed by atoms with van der Waals surface area (Å²) in [6.45, 7) is 35.6. The lowest BCUT2D eigenvalue weighted by atomic mass is 9.37. The number of nitrogens with zero attached hydrogens (tertiary/aromatic N) is 2. The lowest BCUT2D eigenvalue weighted by Crippen LogP contribution is -2.71. The Morgan fingerprint density at radius 2 is 1.63 bits per heavy atom. The van der Waals surface area contributed by atoms with Gasteiger partial charge in [-0.2, -0.15) is 0 Å². The number of likely N-dealkylation sites (tertiary alicyclic amines) is 2. The molecule has 0 aromatic heterocycles. The molecule has 0 aromatic rings. The van der Waals surface area contributed by atoms with Crippen molar-refractivity contribution >= 4 is 0 Å². The molecule has 9 unspecified atom stereocenters. The van der Waals surface area contributed by atoms with Crippen molar-refractivity contribution in [2.45, 2.75) is 170 Å². The number of hydrogen-bond acceptors (Lipinski definition) is 4. The minimum absolute atomic E-state index is 0. The van der Waals surface area contributed by atoms with Crippen LogP contribution < -0.4 is 10.6 Å². The summed E-state index contributed by atoms with van der Waals surface area (Å²) in [5.41, 5.74) is 8.11. The first kappa shape index (κ1) is 43.7. The molecule has 4 heteroatoms. The van der Waals surface area contributed by atoms with Crippen LogP contribution in [0.2, 0.25) is 0 Å². The van der Waals surface area contributed by atoms with Gasteiger partial charge in [-0.05, 0) is 163 Å². The van der Waals surface area contributed by atoms with Crippen molar-refractivity contribution in [2.24, 2.45) is 39.9 Å². The predicted molar refractivity (Wildman–Crippen MR) is 236 cm³/mol. The zero-order valence-electron chi connectivity index (χ0n) is 36.4. The molecule has 3 heterocycles. The third-order valence-electron chi connectivity index (χ3n) is 17.3. The van der Waals surface area contributed by atoms with Crippen molar-refractivity contribution in [2.75, 3.05) is 46.3 Å². The summed E-state index contributed by atoms with van der Waals surface area (Å²) in [5, 5.41) is 9.04. The molecule has 0 aromatic carbocycles. The Hall–Kier alpha value is -1.46. The minimum atomic E-state index is 0. The summed E-state index contributed by atoms with van der Waals surface area (Å²) in [7, 11) is 2.29. The van der Waals surface area contributed by atoms with E-state index in [0.29, 0.717) is 21.8 Å². The first-order valence-electron chi connectivity index (χ1n) is 22.7. The fraction of sp³-hybridized carbons (Fsp3) is 0.800. The molecule has 9 rings (SSSR count). The van der Waals surface area contributed by atoms with Gasteiger partial charge in [-0.25, -0.2) is 0 Å². The van der Waals surface area contributed by atoms with Crippen LogP contribution in [-0.4, -0.2) is 72.7 Å². The standard InChI is InChI=1S/C42H64N4.C3H6.2C2H6.CH4/c1-29(2)30-9-11-31(12-10-30)33-14-18-38(4)36-16-19-37(3)34-15-20-41(43-23-25-46-24-22-40(28-46)26-45(6)27-40)17-7-8-35(41)32(34)13-21-42(37,38)44-39(33,36)5;1-3-2;2*1-2;/h9,11,14,32,34-36,43-44H,1,7-8,10,12-13,15-28H2,2-6H3;3H,1H2,2H3;2*1-2H3;1H4. The van der Waals surface area contributed by atoms with Crippen LogP contribution in [0.3, 0.4) is 0 Å². The second-order valence-electron chi connectivity index (χ2n) is 19.7. The quantitative estimate of drug-likeness (QED) is 0.265. The van der Waals surface area contributed by atoms with Crippen LogP contribution in [0.4, 0.5) is 0 Å². The molecule has 4 nitrogen and oxygen atoms in total. The zero-order valence-corrected chi connectivity index (χ0v) is 36.4. The number of nitrogens with one attached hydrogen (secondary N) is 2. The van der Waals surface area contributed by atoms with E-state index < -0.39 is 0 Å². The van der Waals surface area contributed by atoms with Crippen molar-refractivity contribution < 1.29 is 0 Å². The van der Waals surface area contributed by atoms with Crippen LogP contribution in [0.15, 0.2) is 59.8 Å². The Labute approximate surface area is 335 Å². The minimum Gasteiger partial charge on any atom is -0.310 e. The van der Waals surface area contributed by atoms with Crippen molar-refractivity contribution in [3.8, 4) is 0 Å². The summed E-state index contributed by atoms with van der Waals surface area (Å²) in [4.78, 5) is 5.31. The lowest BCUT2D eigenvalue weighted by molar-refractivity contribution is -0.159. The van der Waals surface area contributed by atoms with Gasteiger partial charge in [0, 0.05) is 54.8 Å². The molecular weight excluding hydrogens is 657 g/mol. The van der Waals surface area contributed by atoms with E-state index in [1.165, 1.54) is 127 Å². The normalized spacial score (nSPS) is 42.2. The molecule has 0 radical (unpaired) electrons. The molecule has 4 bridgehead atoms. The first-order chi connectivity index (χ1) is 25.4. The molecule has 6 aliphatic carbocycles. The number of fused-ring (bicyclic) bond motifs is 4. The van der Waals surface area contributed by atoms with Crippen LogP contribution in [0.5, 0.6) is 0 Å². The molecule has 3 saturated heterocycles. The fourth-order valence-corrected chi connectivity index (χ4v) is 15.4. The molecule has 7 fully saturated rings. The van der Waals surface area contributed by atoms with Crippen LogP contribution in [0.25, 0.3) is 0 Å². The molecule has 4 saturated carbocycles. The van der Waals surface area contributed by atoms with E-state index in [1.54, 1.807) is 17.2 Å². The highest BCUT2D eigenvalue weighted by atomic mass is 15.3. The van der Waals surface area contributed by atoms with Crippen molar-refractivity contribution in [1.29, 1.82) is 0 Å². The van der Waals surface area contributed by atoms with E-state index in [0.717, 1.165) is 30.1 Å². The van der Waals surface area contributed by atoms with Crippen LogP contribution in [-0.2, 0) is 0 Å². The first-order valence-corrected chi connectivity index (χ1v) is 22.7. The number of rotatable bonds is 6. The van der Waals surface area contributed by atoms with Crippen molar-refractivity contribution in [3.05, 3.63) is 59.8 Å². The molecule has 3 aliphatic heterocycles. The van der Waals surface area contributed by atoms with E-state index in [4.69, 9.17) is 0 Å². The topological polar surface area (TPSA) is 30.5 Å². The Bertz CT molecular complexity index is 1450. The van der Waals surface area contributed by atoms with Gasteiger partial charge in [0.1, 0.15) is 0 Å². The molecule has 9 atom stereocenters. The van der Waals surface area contributed by atoms with Gasteiger partial charge in [-0.1, -0.05) is 91.8 Å². The molecule has 54 heavy (non-hydrogen) atoms. The number of hydrogen-bond donors (Lipinski definition) is 2. The molecule has 9 aliphatic rings. The summed E-state index contributed by atoms with van der Waals surface area (Å²) in [5.74, 6) is 3.43. The highest BCUT2D eigenvalue weighted by Crippen LogP contribution is 2.76. The van der Waals surface area contributed by atoms with E-state index in [1.807, 2.05) is 34.6 Å². The lowest BCUT2D eigenvalue weighted by Gasteiger charge is -2.69. The summed E-state index contributed by atoms with van der Waals surface area (Å²) in [6, 6.07) is 0. The Balaban J connectivity index is 0.000000660. The van der Waals surface area contributed by atoms with Gasteiger partial charge in [-0.3, -0.25) is 0 Å². The Kier molecular flexibility index (Phi) is 13.3. The third kappa shape index (κ3) is 6.56. The van der Waals surface area contributed by atoms with Crippen LogP contribution in [0.1, 0.15) is 153 Å². The second kappa shape index (κ2) is 16.4. The summed E-state index contributed by atoms with van der Waals surface area (Å²) in [6.07, 6.45) is 27.2. The Morgan fingerprint density at radius 3 is 2.28 bits per heavy atom. The van der Waals surface area contributed by atoms with Gasteiger partial charge in [-0.15, -0.1) is 6.58 Å². The molecule has 2 N–H and O–H groups in total. The highest BCUT2D eigenvalue weighted by molar-refractivity contribution is 5.52.